The van der Waals surface area contributed by atoms with Crippen molar-refractivity contribution < 1.29 is 5.11 Å². The first-order chi connectivity index (χ1) is 9.04. The Morgan fingerprint density at radius 3 is 2.89 bits per heavy atom. The highest BCUT2D eigenvalue weighted by Crippen LogP contribution is 2.31. The number of hydrogen-bond donors (Lipinski definition) is 1. The van der Waals surface area contributed by atoms with E-state index in [0.717, 1.165) is 34.3 Å². The van der Waals surface area contributed by atoms with Crippen LogP contribution in [0.15, 0.2) is 28.9 Å². The van der Waals surface area contributed by atoms with Crippen molar-refractivity contribution in [3.05, 3.63) is 50.7 Å². The van der Waals surface area contributed by atoms with Gasteiger partial charge in [-0.1, -0.05) is 24.6 Å². The van der Waals surface area contributed by atoms with Gasteiger partial charge in [0.1, 0.15) is 6.10 Å². The van der Waals surface area contributed by atoms with E-state index in [1.165, 1.54) is 0 Å². The number of aliphatic hydroxyl groups is 1. The molecule has 0 radical (unpaired) electrons. The summed E-state index contributed by atoms with van der Waals surface area (Å²) in [5, 5.41) is 15.5. The Morgan fingerprint density at radius 2 is 2.21 bits per heavy atom. The monoisotopic (exact) mass is 342 g/mol. The minimum Gasteiger partial charge on any atom is -0.382 e. The molecular weight excluding hydrogens is 328 g/mol. The smallest absolute Gasteiger partial charge is 0.122 e. The maximum atomic E-state index is 10.6. The second kappa shape index (κ2) is 6.07. The van der Waals surface area contributed by atoms with Crippen molar-refractivity contribution in [3.63, 3.8) is 0 Å². The Bertz CT molecular complexity index is 583. The zero-order valence-corrected chi connectivity index (χ0v) is 13.2. The van der Waals surface area contributed by atoms with Gasteiger partial charge in [-0.3, -0.25) is 4.68 Å². The molecule has 1 heterocycles. The van der Waals surface area contributed by atoms with E-state index in [4.69, 9.17) is 11.6 Å². The third-order valence-electron chi connectivity index (χ3n) is 3.06. The molecule has 0 saturated heterocycles. The number of aromatic nitrogens is 2. The Hall–Kier alpha value is -0.840. The summed E-state index contributed by atoms with van der Waals surface area (Å²) in [6.07, 6.45) is 1.94. The molecule has 0 aliphatic carbocycles. The van der Waals surface area contributed by atoms with Gasteiger partial charge in [-0.05, 0) is 52.5 Å². The molecule has 0 aliphatic rings. The van der Waals surface area contributed by atoms with Gasteiger partial charge in [-0.15, -0.1) is 0 Å². The van der Waals surface area contributed by atoms with E-state index >= 15 is 0 Å². The van der Waals surface area contributed by atoms with Gasteiger partial charge in [0, 0.05) is 11.6 Å². The fourth-order valence-corrected chi connectivity index (χ4v) is 2.78. The topological polar surface area (TPSA) is 38.0 Å². The van der Waals surface area contributed by atoms with Crippen LogP contribution in [0.5, 0.6) is 0 Å². The summed E-state index contributed by atoms with van der Waals surface area (Å²) in [7, 11) is 0. The van der Waals surface area contributed by atoms with Crippen molar-refractivity contribution in [1.82, 2.24) is 9.78 Å². The lowest BCUT2D eigenvalue weighted by Gasteiger charge is -2.16. The maximum absolute atomic E-state index is 10.6. The van der Waals surface area contributed by atoms with Gasteiger partial charge in [-0.2, -0.15) is 5.10 Å². The molecule has 1 aromatic carbocycles. The first-order valence-corrected chi connectivity index (χ1v) is 7.37. The average Bonchev–Trinajstić information content (AvgIpc) is 2.73. The molecule has 3 nitrogen and oxygen atoms in total. The van der Waals surface area contributed by atoms with Crippen LogP contribution in [0.25, 0.3) is 0 Å². The maximum Gasteiger partial charge on any atom is 0.122 e. The van der Waals surface area contributed by atoms with Crippen LogP contribution in [0.3, 0.4) is 0 Å². The highest BCUT2D eigenvalue weighted by Gasteiger charge is 2.21. The predicted molar refractivity (Wildman–Crippen MR) is 80.5 cm³/mol. The molecule has 1 aromatic heterocycles. The summed E-state index contributed by atoms with van der Waals surface area (Å²) in [4.78, 5) is 0. The molecule has 2 aromatic rings. The molecule has 0 amide bonds. The van der Waals surface area contributed by atoms with Gasteiger partial charge in [0.05, 0.1) is 16.4 Å². The van der Waals surface area contributed by atoms with E-state index in [2.05, 4.69) is 28.0 Å². The normalized spacial score (nSPS) is 12.7. The lowest BCUT2D eigenvalue weighted by molar-refractivity contribution is 0.206. The van der Waals surface area contributed by atoms with Crippen LogP contribution in [-0.2, 0) is 6.54 Å². The Morgan fingerprint density at radius 1 is 1.47 bits per heavy atom. The summed E-state index contributed by atoms with van der Waals surface area (Å²) < 4.78 is 2.64. The standard InChI is InChI=1S/C14H16BrClN2O/c1-3-6-18-13(12(15)8-17-18)14(19)11-7-10(16)5-4-9(11)2/h4-5,7-8,14,19H,3,6H2,1-2H3. The fraction of sp³-hybridized carbons (Fsp3) is 0.357. The highest BCUT2D eigenvalue weighted by molar-refractivity contribution is 9.10. The molecular formula is C14H16BrClN2O. The highest BCUT2D eigenvalue weighted by atomic mass is 79.9. The number of aliphatic hydroxyl groups excluding tert-OH is 1. The van der Waals surface area contributed by atoms with Crippen LogP contribution in [0.1, 0.15) is 36.3 Å². The minimum absolute atomic E-state index is 0.623. The van der Waals surface area contributed by atoms with Crippen molar-refractivity contribution in [1.29, 1.82) is 0 Å². The van der Waals surface area contributed by atoms with Crippen molar-refractivity contribution in [2.75, 3.05) is 0 Å². The van der Waals surface area contributed by atoms with Crippen LogP contribution < -0.4 is 0 Å². The van der Waals surface area contributed by atoms with E-state index in [-0.39, 0.29) is 0 Å². The molecule has 0 saturated carbocycles. The van der Waals surface area contributed by atoms with Gasteiger partial charge in [0.2, 0.25) is 0 Å². The quantitative estimate of drug-likeness (QED) is 0.907. The zero-order chi connectivity index (χ0) is 14.0. The van der Waals surface area contributed by atoms with E-state index in [9.17, 15) is 5.11 Å². The van der Waals surface area contributed by atoms with Gasteiger partial charge in [0.15, 0.2) is 0 Å². The summed E-state index contributed by atoms with van der Waals surface area (Å²) in [5.41, 5.74) is 2.59. The molecule has 0 fully saturated rings. The number of halogens is 2. The molecule has 102 valence electrons. The van der Waals surface area contributed by atoms with Crippen LogP contribution in [0.4, 0.5) is 0 Å². The third kappa shape index (κ3) is 3.02. The molecule has 1 N–H and O–H groups in total. The van der Waals surface area contributed by atoms with Gasteiger partial charge in [0.25, 0.3) is 0 Å². The summed E-state index contributed by atoms with van der Waals surface area (Å²) >= 11 is 9.47. The number of aryl methyl sites for hydroxylation is 2. The number of benzene rings is 1. The fourth-order valence-electron chi connectivity index (χ4n) is 2.09. The van der Waals surface area contributed by atoms with Gasteiger partial charge in [-0.25, -0.2) is 0 Å². The molecule has 5 heteroatoms. The van der Waals surface area contributed by atoms with Gasteiger partial charge < -0.3 is 5.11 Å². The number of nitrogens with zero attached hydrogens (tertiary/aromatic N) is 2. The summed E-state index contributed by atoms with van der Waals surface area (Å²) in [6.45, 7) is 4.82. The molecule has 0 aliphatic heterocycles. The zero-order valence-electron chi connectivity index (χ0n) is 10.9. The molecule has 2 rings (SSSR count). The second-order valence-corrected chi connectivity index (χ2v) is 5.80. The van der Waals surface area contributed by atoms with Gasteiger partial charge >= 0.3 is 0 Å². The molecule has 0 spiro atoms. The second-order valence-electron chi connectivity index (χ2n) is 4.50. The molecule has 19 heavy (non-hydrogen) atoms. The SMILES string of the molecule is CCCn1ncc(Br)c1C(O)c1cc(Cl)ccc1C. The van der Waals surface area contributed by atoms with Crippen molar-refractivity contribution in [2.24, 2.45) is 0 Å². The van der Waals surface area contributed by atoms with E-state index in [0.29, 0.717) is 5.02 Å². The number of hydrogen-bond acceptors (Lipinski definition) is 2. The lowest BCUT2D eigenvalue weighted by atomic mass is 10.0. The Labute approximate surface area is 126 Å². The average molecular weight is 344 g/mol. The molecule has 1 atom stereocenters. The van der Waals surface area contributed by atoms with Crippen LogP contribution in [-0.4, -0.2) is 14.9 Å². The van der Waals surface area contributed by atoms with E-state index in [1.807, 2.05) is 23.7 Å². The van der Waals surface area contributed by atoms with Crippen LogP contribution >= 0.6 is 27.5 Å². The minimum atomic E-state index is -0.734. The Kier molecular flexibility index (Phi) is 4.66. The van der Waals surface area contributed by atoms with Crippen molar-refractivity contribution >= 4 is 27.5 Å². The first-order valence-electron chi connectivity index (χ1n) is 6.20. The summed E-state index contributed by atoms with van der Waals surface area (Å²) in [6, 6.07) is 5.54. The third-order valence-corrected chi connectivity index (χ3v) is 3.91. The van der Waals surface area contributed by atoms with Crippen molar-refractivity contribution in [3.8, 4) is 0 Å². The lowest BCUT2D eigenvalue weighted by Crippen LogP contribution is -2.11. The van der Waals surface area contributed by atoms with Crippen molar-refractivity contribution in [2.45, 2.75) is 32.9 Å². The Balaban J connectivity index is 2.46. The van der Waals surface area contributed by atoms with E-state index < -0.39 is 6.10 Å². The largest absolute Gasteiger partial charge is 0.382 e. The predicted octanol–water partition coefficient (Wildman–Crippen LogP) is 4.10. The van der Waals surface area contributed by atoms with E-state index in [1.54, 1.807) is 12.3 Å². The summed E-state index contributed by atoms with van der Waals surface area (Å²) in [5.74, 6) is 0. The first kappa shape index (κ1) is 14.6. The number of rotatable bonds is 4. The van der Waals surface area contributed by atoms with Crippen LogP contribution in [0.2, 0.25) is 5.02 Å². The molecule has 1 unspecified atom stereocenters. The van der Waals surface area contributed by atoms with Crippen LogP contribution in [0, 0.1) is 6.92 Å². The molecule has 0 bridgehead atoms.